The molecule has 3 N–H and O–H groups in total. The average molecular weight is 287 g/mol. The highest BCUT2D eigenvalue weighted by Gasteiger charge is 2.10. The van der Waals surface area contributed by atoms with E-state index in [4.69, 9.17) is 10.9 Å². The number of nitrogens with two attached hydrogens (primary N) is 1. The van der Waals surface area contributed by atoms with E-state index in [0.29, 0.717) is 17.8 Å². The second-order valence-corrected chi connectivity index (χ2v) is 5.00. The zero-order chi connectivity index (χ0) is 15.4. The number of halogens is 1. The van der Waals surface area contributed by atoms with Gasteiger partial charge in [0.2, 0.25) is 0 Å². The number of amidine groups is 1. The lowest BCUT2D eigenvalue weighted by atomic mass is 10.1. The summed E-state index contributed by atoms with van der Waals surface area (Å²) in [5.74, 6) is -0.518. The van der Waals surface area contributed by atoms with Crippen LogP contribution in [0, 0.1) is 12.7 Å². The number of anilines is 1. The van der Waals surface area contributed by atoms with E-state index in [1.807, 2.05) is 37.1 Å². The first-order valence-electron chi connectivity index (χ1n) is 6.55. The maximum absolute atomic E-state index is 14.1. The van der Waals surface area contributed by atoms with Crippen LogP contribution in [-0.2, 0) is 6.54 Å². The molecule has 0 amide bonds. The normalized spacial score (nSPS) is 11.5. The predicted octanol–water partition coefficient (Wildman–Crippen LogP) is 2.87. The molecule has 0 unspecified atom stereocenters. The Kier molecular flexibility index (Phi) is 4.42. The zero-order valence-electron chi connectivity index (χ0n) is 12.0. The van der Waals surface area contributed by atoms with Crippen molar-refractivity contribution in [3.05, 3.63) is 65.0 Å². The van der Waals surface area contributed by atoms with Crippen LogP contribution < -0.4 is 10.6 Å². The van der Waals surface area contributed by atoms with Crippen LogP contribution in [0.3, 0.4) is 0 Å². The Labute approximate surface area is 123 Å². The summed E-state index contributed by atoms with van der Waals surface area (Å²) >= 11 is 0. The number of hydrogen-bond donors (Lipinski definition) is 2. The molecule has 0 radical (unpaired) electrons. The van der Waals surface area contributed by atoms with Crippen molar-refractivity contribution in [2.75, 3.05) is 11.9 Å². The second-order valence-electron chi connectivity index (χ2n) is 5.00. The minimum atomic E-state index is -0.408. The third-order valence-corrected chi connectivity index (χ3v) is 3.26. The Hall–Kier alpha value is -2.56. The highest BCUT2D eigenvalue weighted by molar-refractivity contribution is 5.97. The molecule has 5 heteroatoms. The van der Waals surface area contributed by atoms with Crippen LogP contribution in [0.4, 0.5) is 10.1 Å². The second kappa shape index (κ2) is 6.26. The molecular weight excluding hydrogens is 269 g/mol. The molecule has 2 aromatic carbocycles. The van der Waals surface area contributed by atoms with Gasteiger partial charge in [0.05, 0.1) is 5.69 Å². The molecule has 0 spiro atoms. The van der Waals surface area contributed by atoms with Crippen molar-refractivity contribution in [3.8, 4) is 0 Å². The summed E-state index contributed by atoms with van der Waals surface area (Å²) < 4.78 is 14.1. The SMILES string of the molecule is Cc1cccc(CN(C)c2ccc(C(N)=NO)cc2F)c1. The zero-order valence-corrected chi connectivity index (χ0v) is 12.0. The molecule has 2 rings (SSSR count). The van der Waals surface area contributed by atoms with Gasteiger partial charge in [-0.05, 0) is 30.7 Å². The molecule has 0 saturated heterocycles. The van der Waals surface area contributed by atoms with E-state index in [1.54, 1.807) is 12.1 Å². The number of nitrogens with zero attached hydrogens (tertiary/aromatic N) is 2. The van der Waals surface area contributed by atoms with Crippen molar-refractivity contribution in [2.24, 2.45) is 10.9 Å². The van der Waals surface area contributed by atoms with E-state index < -0.39 is 5.82 Å². The largest absolute Gasteiger partial charge is 0.409 e. The van der Waals surface area contributed by atoms with Crippen molar-refractivity contribution in [1.29, 1.82) is 0 Å². The molecule has 0 aliphatic rings. The van der Waals surface area contributed by atoms with Gasteiger partial charge < -0.3 is 15.8 Å². The van der Waals surface area contributed by atoms with Crippen molar-refractivity contribution in [1.82, 2.24) is 0 Å². The van der Waals surface area contributed by atoms with Gasteiger partial charge in [-0.25, -0.2) is 4.39 Å². The summed E-state index contributed by atoms with van der Waals surface area (Å²) in [6.07, 6.45) is 0. The maximum Gasteiger partial charge on any atom is 0.170 e. The van der Waals surface area contributed by atoms with Gasteiger partial charge in [0.1, 0.15) is 5.82 Å². The Morgan fingerprint density at radius 3 is 2.67 bits per heavy atom. The molecule has 21 heavy (non-hydrogen) atoms. The first-order valence-corrected chi connectivity index (χ1v) is 6.55. The summed E-state index contributed by atoms with van der Waals surface area (Å²) in [6, 6.07) is 12.6. The monoisotopic (exact) mass is 287 g/mol. The first-order chi connectivity index (χ1) is 10.0. The van der Waals surface area contributed by atoms with E-state index in [2.05, 4.69) is 11.2 Å². The Balaban J connectivity index is 2.21. The molecular formula is C16H18FN3O. The van der Waals surface area contributed by atoms with Crippen LogP contribution in [0.2, 0.25) is 0 Å². The molecule has 0 aliphatic heterocycles. The number of rotatable bonds is 4. The van der Waals surface area contributed by atoms with Crippen LogP contribution in [-0.4, -0.2) is 18.1 Å². The average Bonchev–Trinajstić information content (AvgIpc) is 2.46. The Bertz CT molecular complexity index is 670. The van der Waals surface area contributed by atoms with Gasteiger partial charge in [-0.2, -0.15) is 0 Å². The molecule has 0 fully saturated rings. The van der Waals surface area contributed by atoms with Crippen LogP contribution in [0.25, 0.3) is 0 Å². The molecule has 0 atom stereocenters. The lowest BCUT2D eigenvalue weighted by Gasteiger charge is -2.20. The van der Waals surface area contributed by atoms with Gasteiger partial charge in [-0.3, -0.25) is 0 Å². The minimum Gasteiger partial charge on any atom is -0.409 e. The fourth-order valence-electron chi connectivity index (χ4n) is 2.20. The number of aryl methyl sites for hydroxylation is 1. The van der Waals surface area contributed by atoms with Crippen LogP contribution in [0.1, 0.15) is 16.7 Å². The maximum atomic E-state index is 14.1. The molecule has 2 aromatic rings. The van der Waals surface area contributed by atoms with Crippen molar-refractivity contribution < 1.29 is 9.60 Å². The van der Waals surface area contributed by atoms with Crippen molar-refractivity contribution in [3.63, 3.8) is 0 Å². The number of hydrogen-bond acceptors (Lipinski definition) is 3. The van der Waals surface area contributed by atoms with E-state index in [9.17, 15) is 4.39 Å². The summed E-state index contributed by atoms with van der Waals surface area (Å²) in [6.45, 7) is 2.62. The van der Waals surface area contributed by atoms with Gasteiger partial charge in [0.25, 0.3) is 0 Å². The van der Waals surface area contributed by atoms with E-state index in [1.165, 1.54) is 11.6 Å². The van der Waals surface area contributed by atoms with Gasteiger partial charge in [0.15, 0.2) is 5.84 Å². The third-order valence-electron chi connectivity index (χ3n) is 3.26. The molecule has 0 aromatic heterocycles. The van der Waals surface area contributed by atoms with Crippen LogP contribution in [0.5, 0.6) is 0 Å². The highest BCUT2D eigenvalue weighted by atomic mass is 19.1. The number of benzene rings is 2. The third kappa shape index (κ3) is 3.51. The topological polar surface area (TPSA) is 61.8 Å². The Morgan fingerprint density at radius 2 is 2.05 bits per heavy atom. The molecule has 110 valence electrons. The van der Waals surface area contributed by atoms with Gasteiger partial charge in [0, 0.05) is 19.2 Å². The van der Waals surface area contributed by atoms with Gasteiger partial charge >= 0.3 is 0 Å². The molecule has 0 saturated carbocycles. The summed E-state index contributed by atoms with van der Waals surface area (Å²) in [4.78, 5) is 1.82. The van der Waals surface area contributed by atoms with Crippen molar-refractivity contribution >= 4 is 11.5 Å². The fourth-order valence-corrected chi connectivity index (χ4v) is 2.20. The number of oxime groups is 1. The summed E-state index contributed by atoms with van der Waals surface area (Å²) in [5.41, 5.74) is 8.54. The standard InChI is InChI=1S/C16H18FN3O/c1-11-4-3-5-12(8-11)10-20(2)15-7-6-13(9-14(15)17)16(18)19-21/h3-9,21H,10H2,1-2H3,(H2,18,19). The quantitative estimate of drug-likeness (QED) is 0.393. The van der Waals surface area contributed by atoms with E-state index in [0.717, 1.165) is 5.56 Å². The molecule has 4 nitrogen and oxygen atoms in total. The lowest BCUT2D eigenvalue weighted by molar-refractivity contribution is 0.318. The molecule has 0 heterocycles. The van der Waals surface area contributed by atoms with Gasteiger partial charge in [-0.1, -0.05) is 35.0 Å². The van der Waals surface area contributed by atoms with Crippen LogP contribution in [0.15, 0.2) is 47.6 Å². The minimum absolute atomic E-state index is 0.109. The highest BCUT2D eigenvalue weighted by Crippen LogP contribution is 2.21. The van der Waals surface area contributed by atoms with E-state index >= 15 is 0 Å². The van der Waals surface area contributed by atoms with Gasteiger partial charge in [-0.15, -0.1) is 0 Å². The van der Waals surface area contributed by atoms with Crippen LogP contribution >= 0.6 is 0 Å². The predicted molar refractivity (Wildman–Crippen MR) is 82.2 cm³/mol. The summed E-state index contributed by atoms with van der Waals surface area (Å²) in [5, 5.41) is 11.5. The smallest absolute Gasteiger partial charge is 0.170 e. The van der Waals surface area contributed by atoms with E-state index in [-0.39, 0.29) is 5.84 Å². The fraction of sp³-hybridized carbons (Fsp3) is 0.188. The van der Waals surface area contributed by atoms with Crippen molar-refractivity contribution in [2.45, 2.75) is 13.5 Å². The summed E-state index contributed by atoms with van der Waals surface area (Å²) in [7, 11) is 1.82. The first kappa shape index (κ1) is 14.8. The molecule has 0 bridgehead atoms. The lowest BCUT2D eigenvalue weighted by Crippen LogP contribution is -2.19. The Morgan fingerprint density at radius 1 is 1.29 bits per heavy atom. The molecule has 0 aliphatic carbocycles.